The minimum absolute atomic E-state index is 0.207. The van der Waals surface area contributed by atoms with E-state index in [9.17, 15) is 13.2 Å². The predicted octanol–water partition coefficient (Wildman–Crippen LogP) is 3.39. The van der Waals surface area contributed by atoms with E-state index in [1.54, 1.807) is 30.3 Å². The van der Waals surface area contributed by atoms with Crippen molar-refractivity contribution in [3.8, 4) is 0 Å². The molecule has 0 heterocycles. The van der Waals surface area contributed by atoms with Crippen LogP contribution in [0.5, 0.6) is 0 Å². The molecule has 2 aromatic carbocycles. The van der Waals surface area contributed by atoms with Crippen molar-refractivity contribution in [2.24, 2.45) is 0 Å². The highest BCUT2D eigenvalue weighted by Crippen LogP contribution is 2.21. The summed E-state index contributed by atoms with van der Waals surface area (Å²) in [5.41, 5.74) is 0.955. The van der Waals surface area contributed by atoms with Crippen molar-refractivity contribution in [3.63, 3.8) is 0 Å². The number of rotatable bonds is 3. The lowest BCUT2D eigenvalue weighted by atomic mass is 10.2. The smallest absolute Gasteiger partial charge is 0.256 e. The summed E-state index contributed by atoms with van der Waals surface area (Å²) in [7, 11) is -3.24. The Morgan fingerprint density at radius 1 is 1.14 bits per heavy atom. The standard InChI is InChI=1S/C14H12BrNO3S2/c1-21(18,19)11-5-3-10(4-6-11)16-14(17)12-7-2-9(15)8-13(12)20/h2-8,20H,1H3,(H,16,17). The van der Waals surface area contributed by atoms with Crippen molar-refractivity contribution in [1.82, 2.24) is 0 Å². The maximum Gasteiger partial charge on any atom is 0.256 e. The SMILES string of the molecule is CS(=O)(=O)c1ccc(NC(=O)c2ccc(Br)cc2S)cc1. The van der Waals surface area contributed by atoms with Gasteiger partial charge in [-0.1, -0.05) is 15.9 Å². The van der Waals surface area contributed by atoms with Gasteiger partial charge in [-0.25, -0.2) is 8.42 Å². The molecule has 1 amide bonds. The van der Waals surface area contributed by atoms with Crippen LogP contribution in [-0.4, -0.2) is 20.6 Å². The summed E-state index contributed by atoms with van der Waals surface area (Å²) in [6.45, 7) is 0. The van der Waals surface area contributed by atoms with E-state index in [0.29, 0.717) is 16.1 Å². The zero-order chi connectivity index (χ0) is 15.6. The molecule has 0 atom stereocenters. The average molecular weight is 386 g/mol. The Labute approximate surface area is 137 Å². The van der Waals surface area contributed by atoms with Crippen LogP contribution in [0.2, 0.25) is 0 Å². The molecule has 0 bridgehead atoms. The number of hydrogen-bond donors (Lipinski definition) is 2. The van der Waals surface area contributed by atoms with E-state index in [-0.39, 0.29) is 10.8 Å². The van der Waals surface area contributed by atoms with Crippen LogP contribution in [0.15, 0.2) is 56.7 Å². The van der Waals surface area contributed by atoms with Crippen molar-refractivity contribution in [2.75, 3.05) is 11.6 Å². The predicted molar refractivity (Wildman–Crippen MR) is 88.9 cm³/mol. The van der Waals surface area contributed by atoms with Crippen LogP contribution in [0, 0.1) is 0 Å². The Balaban J connectivity index is 2.20. The Kier molecular flexibility index (Phi) is 4.75. The van der Waals surface area contributed by atoms with Crippen molar-refractivity contribution in [3.05, 3.63) is 52.5 Å². The van der Waals surface area contributed by atoms with E-state index in [1.807, 2.05) is 0 Å². The lowest BCUT2D eigenvalue weighted by molar-refractivity contribution is 0.102. The van der Waals surface area contributed by atoms with Crippen molar-refractivity contribution in [1.29, 1.82) is 0 Å². The molecule has 0 aliphatic heterocycles. The Morgan fingerprint density at radius 2 is 1.76 bits per heavy atom. The average Bonchev–Trinajstić information content (AvgIpc) is 2.38. The summed E-state index contributed by atoms with van der Waals surface area (Å²) in [4.78, 5) is 12.9. The fraction of sp³-hybridized carbons (Fsp3) is 0.0714. The number of sulfone groups is 1. The van der Waals surface area contributed by atoms with Gasteiger partial charge >= 0.3 is 0 Å². The zero-order valence-electron chi connectivity index (χ0n) is 11.0. The molecule has 0 radical (unpaired) electrons. The summed E-state index contributed by atoms with van der Waals surface area (Å²) in [5, 5.41) is 2.70. The number of hydrogen-bond acceptors (Lipinski definition) is 4. The van der Waals surface area contributed by atoms with E-state index in [1.165, 1.54) is 12.1 Å². The van der Waals surface area contributed by atoms with Crippen LogP contribution in [0.1, 0.15) is 10.4 Å². The number of carbonyl (C=O) groups is 1. The van der Waals surface area contributed by atoms with E-state index >= 15 is 0 Å². The first-order valence-electron chi connectivity index (χ1n) is 5.87. The van der Waals surface area contributed by atoms with Gasteiger partial charge in [-0.05, 0) is 42.5 Å². The number of carbonyl (C=O) groups excluding carboxylic acids is 1. The van der Waals surface area contributed by atoms with Gasteiger partial charge < -0.3 is 5.32 Å². The second-order valence-corrected chi connectivity index (χ2v) is 7.83. The number of nitrogens with one attached hydrogen (secondary N) is 1. The molecule has 2 rings (SSSR count). The van der Waals surface area contributed by atoms with Crippen molar-refractivity contribution >= 4 is 50.0 Å². The molecule has 0 saturated heterocycles. The lowest BCUT2D eigenvalue weighted by Gasteiger charge is -2.08. The number of benzene rings is 2. The van der Waals surface area contributed by atoms with Gasteiger partial charge in [0.05, 0.1) is 10.5 Å². The van der Waals surface area contributed by atoms with Crippen molar-refractivity contribution in [2.45, 2.75) is 9.79 Å². The molecule has 0 aromatic heterocycles. The van der Waals surface area contributed by atoms with Crippen LogP contribution in [-0.2, 0) is 9.84 Å². The molecule has 2 aromatic rings. The summed E-state index contributed by atoms with van der Waals surface area (Å²) in [5.74, 6) is -0.306. The number of thiol groups is 1. The summed E-state index contributed by atoms with van der Waals surface area (Å²) in [6, 6.07) is 11.1. The minimum Gasteiger partial charge on any atom is -0.322 e. The largest absolute Gasteiger partial charge is 0.322 e. The molecule has 0 aliphatic rings. The molecule has 1 N–H and O–H groups in total. The van der Waals surface area contributed by atoms with Gasteiger partial charge in [0.1, 0.15) is 0 Å². The fourth-order valence-electron chi connectivity index (χ4n) is 1.68. The number of anilines is 1. The summed E-state index contributed by atoms with van der Waals surface area (Å²) in [6.07, 6.45) is 1.13. The molecule has 0 spiro atoms. The minimum atomic E-state index is -3.24. The normalized spacial score (nSPS) is 11.2. The maximum absolute atomic E-state index is 12.1. The Hall–Kier alpha value is -1.31. The van der Waals surface area contributed by atoms with E-state index in [2.05, 4.69) is 33.9 Å². The summed E-state index contributed by atoms with van der Waals surface area (Å²) >= 11 is 7.56. The van der Waals surface area contributed by atoms with Gasteiger partial charge in [-0.2, -0.15) is 0 Å². The monoisotopic (exact) mass is 385 g/mol. The third-order valence-electron chi connectivity index (χ3n) is 2.74. The highest BCUT2D eigenvalue weighted by atomic mass is 79.9. The van der Waals surface area contributed by atoms with Crippen LogP contribution in [0.4, 0.5) is 5.69 Å². The highest BCUT2D eigenvalue weighted by molar-refractivity contribution is 9.10. The number of amides is 1. The van der Waals surface area contributed by atoms with Crippen LogP contribution in [0.3, 0.4) is 0 Å². The fourth-order valence-corrected chi connectivity index (χ4v) is 3.16. The first-order valence-corrected chi connectivity index (χ1v) is 9.00. The quantitative estimate of drug-likeness (QED) is 0.795. The van der Waals surface area contributed by atoms with E-state index < -0.39 is 9.84 Å². The van der Waals surface area contributed by atoms with Gasteiger partial charge in [0.15, 0.2) is 9.84 Å². The first kappa shape index (κ1) is 16.1. The molecule has 21 heavy (non-hydrogen) atoms. The second-order valence-electron chi connectivity index (χ2n) is 4.41. The summed E-state index contributed by atoms with van der Waals surface area (Å²) < 4.78 is 23.6. The van der Waals surface area contributed by atoms with E-state index in [4.69, 9.17) is 0 Å². The molecule has 0 aliphatic carbocycles. The first-order chi connectivity index (χ1) is 9.77. The second kappa shape index (κ2) is 6.21. The van der Waals surface area contributed by atoms with Gasteiger partial charge in [-0.3, -0.25) is 4.79 Å². The maximum atomic E-state index is 12.1. The third-order valence-corrected chi connectivity index (χ3v) is 4.74. The topological polar surface area (TPSA) is 63.2 Å². The van der Waals surface area contributed by atoms with Gasteiger partial charge in [0, 0.05) is 21.3 Å². The Bertz CT molecular complexity index is 786. The number of halogens is 1. The molecule has 0 saturated carbocycles. The molecule has 0 fully saturated rings. The molecule has 7 heteroatoms. The molecule has 4 nitrogen and oxygen atoms in total. The van der Waals surface area contributed by atoms with Crippen LogP contribution in [0.25, 0.3) is 0 Å². The van der Waals surface area contributed by atoms with Gasteiger partial charge in [0.2, 0.25) is 0 Å². The van der Waals surface area contributed by atoms with Gasteiger partial charge in [0.25, 0.3) is 5.91 Å². The lowest BCUT2D eigenvalue weighted by Crippen LogP contribution is -2.12. The molecule has 110 valence electrons. The molecular weight excluding hydrogens is 374 g/mol. The molecular formula is C14H12BrNO3S2. The zero-order valence-corrected chi connectivity index (χ0v) is 14.3. The van der Waals surface area contributed by atoms with Crippen LogP contribution < -0.4 is 5.32 Å². The molecule has 0 unspecified atom stereocenters. The van der Waals surface area contributed by atoms with Gasteiger partial charge in [-0.15, -0.1) is 12.6 Å². The van der Waals surface area contributed by atoms with Crippen LogP contribution >= 0.6 is 28.6 Å². The third kappa shape index (κ3) is 4.09. The highest BCUT2D eigenvalue weighted by Gasteiger charge is 2.11. The van der Waals surface area contributed by atoms with E-state index in [0.717, 1.165) is 10.7 Å². The Morgan fingerprint density at radius 3 is 2.29 bits per heavy atom. The van der Waals surface area contributed by atoms with Crippen molar-refractivity contribution < 1.29 is 13.2 Å².